The zero-order valence-corrected chi connectivity index (χ0v) is 12.5. The number of nitrogens with zero attached hydrogens (tertiary/aromatic N) is 1. The zero-order valence-electron chi connectivity index (χ0n) is 12.5. The van der Waals surface area contributed by atoms with Gasteiger partial charge in [0.05, 0.1) is 18.9 Å². The number of hydrogen-bond acceptors (Lipinski definition) is 3. The van der Waals surface area contributed by atoms with Gasteiger partial charge in [-0.15, -0.1) is 0 Å². The van der Waals surface area contributed by atoms with Crippen molar-refractivity contribution in [3.05, 3.63) is 29.8 Å². The number of amides is 1. The minimum Gasteiger partial charge on any atom is -0.497 e. The minimum absolute atomic E-state index is 0.0377. The molecular formula is C16H21NO4. The number of carbonyl (C=O) groups excluding carboxylic acids is 1. The summed E-state index contributed by atoms with van der Waals surface area (Å²) >= 11 is 0. The third-order valence-electron chi connectivity index (χ3n) is 4.23. The van der Waals surface area contributed by atoms with E-state index in [1.807, 2.05) is 24.3 Å². The maximum Gasteiger partial charge on any atom is 0.309 e. The largest absolute Gasteiger partial charge is 0.497 e. The lowest BCUT2D eigenvalue weighted by molar-refractivity contribution is -0.152. The molecule has 0 spiro atoms. The average Bonchev–Trinajstić information content (AvgIpc) is 2.48. The molecule has 1 heterocycles. The second-order valence-corrected chi connectivity index (χ2v) is 5.77. The molecule has 0 unspecified atom stereocenters. The highest BCUT2D eigenvalue weighted by atomic mass is 16.5. The maximum absolute atomic E-state index is 12.3. The highest BCUT2D eigenvalue weighted by molar-refractivity contribution is 5.80. The SMILES string of the molecule is COc1cccc(CC(=O)N2CCC(C)(C(=O)O)CC2)c1. The number of piperidine rings is 1. The van der Waals surface area contributed by atoms with Crippen LogP contribution in [-0.4, -0.2) is 42.1 Å². The van der Waals surface area contributed by atoms with Crippen LogP contribution in [0.1, 0.15) is 25.3 Å². The van der Waals surface area contributed by atoms with Crippen molar-refractivity contribution in [2.24, 2.45) is 5.41 Å². The van der Waals surface area contributed by atoms with E-state index in [1.54, 1.807) is 18.9 Å². The van der Waals surface area contributed by atoms with Crippen molar-refractivity contribution in [2.75, 3.05) is 20.2 Å². The molecule has 0 aromatic heterocycles. The fraction of sp³-hybridized carbons (Fsp3) is 0.500. The lowest BCUT2D eigenvalue weighted by Gasteiger charge is -2.36. The number of carboxylic acids is 1. The summed E-state index contributed by atoms with van der Waals surface area (Å²) < 4.78 is 5.15. The molecule has 5 nitrogen and oxygen atoms in total. The smallest absolute Gasteiger partial charge is 0.309 e. The van der Waals surface area contributed by atoms with Gasteiger partial charge in [-0.05, 0) is 37.5 Å². The van der Waals surface area contributed by atoms with Crippen LogP contribution < -0.4 is 4.74 Å². The van der Waals surface area contributed by atoms with Gasteiger partial charge >= 0.3 is 5.97 Å². The second-order valence-electron chi connectivity index (χ2n) is 5.77. The van der Waals surface area contributed by atoms with Crippen molar-refractivity contribution in [3.8, 4) is 5.75 Å². The van der Waals surface area contributed by atoms with Gasteiger partial charge in [0, 0.05) is 13.1 Å². The highest BCUT2D eigenvalue weighted by Gasteiger charge is 2.37. The number of rotatable bonds is 4. The van der Waals surface area contributed by atoms with E-state index in [4.69, 9.17) is 4.74 Å². The molecule has 0 atom stereocenters. The summed E-state index contributed by atoms with van der Waals surface area (Å²) in [5.74, 6) is -0.00418. The molecule has 1 aromatic rings. The van der Waals surface area contributed by atoms with Crippen molar-refractivity contribution < 1.29 is 19.4 Å². The van der Waals surface area contributed by atoms with E-state index in [1.165, 1.54) is 0 Å². The molecular weight excluding hydrogens is 270 g/mol. The van der Waals surface area contributed by atoms with E-state index in [0.717, 1.165) is 11.3 Å². The molecule has 0 bridgehead atoms. The molecule has 1 aliphatic rings. The van der Waals surface area contributed by atoms with Crippen LogP contribution in [0, 0.1) is 5.41 Å². The Hall–Kier alpha value is -2.04. The van der Waals surface area contributed by atoms with Crippen LogP contribution in [0.15, 0.2) is 24.3 Å². The Morgan fingerprint density at radius 2 is 2.00 bits per heavy atom. The number of methoxy groups -OCH3 is 1. The molecule has 0 saturated carbocycles. The maximum atomic E-state index is 12.3. The summed E-state index contributed by atoms with van der Waals surface area (Å²) in [5.41, 5.74) is 0.207. The molecule has 1 aliphatic heterocycles. The summed E-state index contributed by atoms with van der Waals surface area (Å²) in [5, 5.41) is 9.20. The van der Waals surface area contributed by atoms with Gasteiger partial charge in [0.25, 0.3) is 0 Å². The molecule has 1 aromatic carbocycles. The van der Waals surface area contributed by atoms with Gasteiger partial charge < -0.3 is 14.7 Å². The van der Waals surface area contributed by atoms with Gasteiger partial charge in [0.15, 0.2) is 0 Å². The van der Waals surface area contributed by atoms with Gasteiger partial charge in [-0.2, -0.15) is 0 Å². The quantitative estimate of drug-likeness (QED) is 0.920. The van der Waals surface area contributed by atoms with Gasteiger partial charge in [-0.25, -0.2) is 0 Å². The summed E-state index contributed by atoms with van der Waals surface area (Å²) in [7, 11) is 1.60. The molecule has 114 valence electrons. The van der Waals surface area contributed by atoms with E-state index in [-0.39, 0.29) is 5.91 Å². The van der Waals surface area contributed by atoms with Crippen LogP contribution in [-0.2, 0) is 16.0 Å². The predicted molar refractivity (Wildman–Crippen MR) is 78.3 cm³/mol. The molecule has 5 heteroatoms. The van der Waals surface area contributed by atoms with Gasteiger partial charge in [-0.1, -0.05) is 12.1 Å². The molecule has 21 heavy (non-hydrogen) atoms. The van der Waals surface area contributed by atoms with E-state index in [9.17, 15) is 14.7 Å². The number of carboxylic acid groups (broad SMARTS) is 1. The third-order valence-corrected chi connectivity index (χ3v) is 4.23. The first-order valence-electron chi connectivity index (χ1n) is 7.09. The van der Waals surface area contributed by atoms with E-state index in [0.29, 0.717) is 32.4 Å². The number of benzene rings is 1. The Kier molecular flexibility index (Phi) is 4.50. The third kappa shape index (κ3) is 3.54. The number of aliphatic carboxylic acids is 1. The van der Waals surface area contributed by atoms with E-state index >= 15 is 0 Å². The van der Waals surface area contributed by atoms with Crippen LogP contribution in [0.25, 0.3) is 0 Å². The molecule has 0 radical (unpaired) electrons. The molecule has 1 saturated heterocycles. The van der Waals surface area contributed by atoms with Crippen LogP contribution in [0.5, 0.6) is 5.75 Å². The first kappa shape index (κ1) is 15.4. The monoisotopic (exact) mass is 291 g/mol. The number of carbonyl (C=O) groups is 2. The Labute approximate surface area is 124 Å². The lowest BCUT2D eigenvalue weighted by atomic mass is 9.80. The van der Waals surface area contributed by atoms with Crippen LogP contribution in [0.2, 0.25) is 0 Å². The van der Waals surface area contributed by atoms with Gasteiger partial charge in [0.1, 0.15) is 5.75 Å². The van der Waals surface area contributed by atoms with Gasteiger partial charge in [-0.3, -0.25) is 9.59 Å². The van der Waals surface area contributed by atoms with Gasteiger partial charge in [0.2, 0.25) is 5.91 Å². The Bertz CT molecular complexity index is 533. The Balaban J connectivity index is 1.94. The molecule has 1 fully saturated rings. The first-order valence-corrected chi connectivity index (χ1v) is 7.09. The normalized spacial score (nSPS) is 17.3. The van der Waals surface area contributed by atoms with Crippen molar-refractivity contribution in [1.82, 2.24) is 4.90 Å². The van der Waals surface area contributed by atoms with Crippen molar-refractivity contribution in [1.29, 1.82) is 0 Å². The number of hydrogen-bond donors (Lipinski definition) is 1. The highest BCUT2D eigenvalue weighted by Crippen LogP contribution is 2.31. The average molecular weight is 291 g/mol. The zero-order chi connectivity index (χ0) is 15.5. The van der Waals surface area contributed by atoms with Crippen molar-refractivity contribution in [2.45, 2.75) is 26.2 Å². The lowest BCUT2D eigenvalue weighted by Crippen LogP contribution is -2.45. The molecule has 1 amide bonds. The fourth-order valence-electron chi connectivity index (χ4n) is 2.53. The van der Waals surface area contributed by atoms with E-state index in [2.05, 4.69) is 0 Å². The fourth-order valence-corrected chi connectivity index (χ4v) is 2.53. The van der Waals surface area contributed by atoms with Crippen LogP contribution in [0.3, 0.4) is 0 Å². The summed E-state index contributed by atoms with van der Waals surface area (Å²) in [6.07, 6.45) is 1.33. The molecule has 2 rings (SSSR count). The predicted octanol–water partition coefficient (Wildman–Crippen LogP) is 1.95. The van der Waals surface area contributed by atoms with Crippen LogP contribution in [0.4, 0.5) is 0 Å². The second kappa shape index (κ2) is 6.16. The summed E-state index contributed by atoms with van der Waals surface area (Å²) in [6.45, 7) is 2.76. The topological polar surface area (TPSA) is 66.8 Å². The Morgan fingerprint density at radius 1 is 1.33 bits per heavy atom. The summed E-state index contributed by atoms with van der Waals surface area (Å²) in [4.78, 5) is 25.2. The van der Waals surface area contributed by atoms with Crippen molar-refractivity contribution >= 4 is 11.9 Å². The Morgan fingerprint density at radius 3 is 2.57 bits per heavy atom. The standard InChI is InChI=1S/C16H21NO4/c1-16(15(19)20)6-8-17(9-7-16)14(18)11-12-4-3-5-13(10-12)21-2/h3-5,10H,6-9,11H2,1-2H3,(H,19,20). The van der Waals surface area contributed by atoms with Crippen LogP contribution >= 0.6 is 0 Å². The van der Waals surface area contributed by atoms with E-state index < -0.39 is 11.4 Å². The first-order chi connectivity index (χ1) is 9.94. The molecule has 1 N–H and O–H groups in total. The number of ether oxygens (including phenoxy) is 1. The van der Waals surface area contributed by atoms with Crippen molar-refractivity contribution in [3.63, 3.8) is 0 Å². The molecule has 0 aliphatic carbocycles. The minimum atomic E-state index is -0.776. The summed E-state index contributed by atoms with van der Waals surface area (Å²) in [6, 6.07) is 7.45. The number of likely N-dealkylation sites (tertiary alicyclic amines) is 1.